The number of Topliss-reactive ketones (excluding diaryl/α,β-unsaturated/α-hetero) is 1. The minimum Gasteiger partial charge on any atom is -0.504 e. The molecule has 4 heteroatoms. The van der Waals surface area contributed by atoms with Gasteiger partial charge in [-0.15, -0.1) is 0 Å². The van der Waals surface area contributed by atoms with Crippen LogP contribution in [0.3, 0.4) is 0 Å². The number of halogens is 1. The molecule has 3 nitrogen and oxygen atoms in total. The molecule has 0 saturated heterocycles. The Morgan fingerprint density at radius 3 is 2.40 bits per heavy atom. The smallest absolute Gasteiger partial charge is 0.207 e. The molecule has 1 aromatic rings. The molecule has 0 aromatic heterocycles. The largest absolute Gasteiger partial charge is 0.504 e. The SMILES string of the molecule is CCCC1CCC(CCCC(=O)c2ccc(OCC)c(F)c2O)CC1. The first kappa shape index (κ1) is 19.7. The van der Waals surface area contributed by atoms with Crippen molar-refractivity contribution in [1.29, 1.82) is 0 Å². The van der Waals surface area contributed by atoms with Gasteiger partial charge in [-0.3, -0.25) is 4.79 Å². The zero-order chi connectivity index (χ0) is 18.2. The minimum atomic E-state index is -0.845. The molecule has 2 rings (SSSR count). The van der Waals surface area contributed by atoms with Crippen LogP contribution < -0.4 is 4.74 Å². The van der Waals surface area contributed by atoms with E-state index >= 15 is 0 Å². The number of carbonyl (C=O) groups excluding carboxylic acids is 1. The molecule has 1 aliphatic rings. The van der Waals surface area contributed by atoms with E-state index in [2.05, 4.69) is 6.92 Å². The van der Waals surface area contributed by atoms with Crippen LogP contribution in [-0.2, 0) is 0 Å². The summed E-state index contributed by atoms with van der Waals surface area (Å²) in [5.74, 6) is -0.0318. The Hall–Kier alpha value is -1.58. The Morgan fingerprint density at radius 2 is 1.80 bits per heavy atom. The predicted octanol–water partition coefficient (Wildman–Crippen LogP) is 5.89. The second-order valence-electron chi connectivity index (χ2n) is 7.20. The summed E-state index contributed by atoms with van der Waals surface area (Å²) in [6, 6.07) is 2.88. The molecule has 1 aliphatic carbocycles. The van der Waals surface area contributed by atoms with E-state index in [9.17, 15) is 14.3 Å². The predicted molar refractivity (Wildman–Crippen MR) is 97.8 cm³/mol. The monoisotopic (exact) mass is 350 g/mol. The number of hydrogen-bond donors (Lipinski definition) is 1. The second kappa shape index (κ2) is 9.79. The fourth-order valence-electron chi connectivity index (χ4n) is 3.94. The van der Waals surface area contributed by atoms with E-state index in [4.69, 9.17) is 4.74 Å². The molecule has 0 heterocycles. The molecule has 0 spiro atoms. The van der Waals surface area contributed by atoms with Gasteiger partial charge in [-0.05, 0) is 37.3 Å². The highest BCUT2D eigenvalue weighted by Gasteiger charge is 2.22. The Kier molecular flexibility index (Phi) is 7.73. The summed E-state index contributed by atoms with van der Waals surface area (Å²) in [7, 11) is 0. The highest BCUT2D eigenvalue weighted by atomic mass is 19.1. The number of rotatable bonds is 9. The number of aromatic hydroxyl groups is 1. The molecule has 0 bridgehead atoms. The van der Waals surface area contributed by atoms with Crippen LogP contribution in [0.15, 0.2) is 12.1 Å². The van der Waals surface area contributed by atoms with Crippen molar-refractivity contribution < 1.29 is 19.0 Å². The normalized spacial score (nSPS) is 20.4. The number of carbonyl (C=O) groups is 1. The van der Waals surface area contributed by atoms with E-state index in [0.717, 1.165) is 18.8 Å². The van der Waals surface area contributed by atoms with Gasteiger partial charge in [-0.25, -0.2) is 0 Å². The highest BCUT2D eigenvalue weighted by molar-refractivity contribution is 5.98. The molecular weight excluding hydrogens is 319 g/mol. The first-order valence-electron chi connectivity index (χ1n) is 9.74. The number of hydrogen-bond acceptors (Lipinski definition) is 3. The Bertz CT molecular complexity index is 563. The van der Waals surface area contributed by atoms with Crippen molar-refractivity contribution in [3.8, 4) is 11.5 Å². The third-order valence-electron chi connectivity index (χ3n) is 5.36. The average Bonchev–Trinajstić information content (AvgIpc) is 2.61. The van der Waals surface area contributed by atoms with Gasteiger partial charge in [0, 0.05) is 6.42 Å². The molecule has 0 radical (unpaired) electrons. The van der Waals surface area contributed by atoms with Crippen LogP contribution >= 0.6 is 0 Å². The third-order valence-corrected chi connectivity index (χ3v) is 5.36. The van der Waals surface area contributed by atoms with Crippen molar-refractivity contribution in [2.75, 3.05) is 6.61 Å². The number of phenols is 1. The first-order chi connectivity index (χ1) is 12.1. The first-order valence-corrected chi connectivity index (χ1v) is 9.74. The standard InChI is InChI=1S/C21H31FO3/c1-3-6-15-9-11-16(12-10-15)7-5-8-18(23)17-13-14-19(25-4-2)20(22)21(17)24/h13-16,24H,3-12H2,1-2H3. The summed E-state index contributed by atoms with van der Waals surface area (Å²) in [6.45, 7) is 4.30. The summed E-state index contributed by atoms with van der Waals surface area (Å²) >= 11 is 0. The summed E-state index contributed by atoms with van der Waals surface area (Å²) < 4.78 is 19.1. The van der Waals surface area contributed by atoms with Crippen molar-refractivity contribution in [2.45, 2.75) is 71.6 Å². The fourth-order valence-corrected chi connectivity index (χ4v) is 3.94. The van der Waals surface area contributed by atoms with E-state index in [1.807, 2.05) is 0 Å². The van der Waals surface area contributed by atoms with Gasteiger partial charge < -0.3 is 9.84 Å². The molecule has 1 saturated carbocycles. The quantitative estimate of drug-likeness (QED) is 0.565. The highest BCUT2D eigenvalue weighted by Crippen LogP contribution is 2.35. The maximum atomic E-state index is 14.0. The van der Waals surface area contributed by atoms with Gasteiger partial charge in [0.15, 0.2) is 17.3 Å². The van der Waals surface area contributed by atoms with E-state index < -0.39 is 11.6 Å². The van der Waals surface area contributed by atoms with E-state index in [-0.39, 0.29) is 17.1 Å². The second-order valence-corrected chi connectivity index (χ2v) is 7.20. The van der Waals surface area contributed by atoms with Crippen LogP contribution in [0.4, 0.5) is 4.39 Å². The van der Waals surface area contributed by atoms with E-state index in [1.165, 1.54) is 50.7 Å². The maximum Gasteiger partial charge on any atom is 0.207 e. The van der Waals surface area contributed by atoms with Crippen molar-refractivity contribution in [2.24, 2.45) is 11.8 Å². The van der Waals surface area contributed by atoms with Gasteiger partial charge in [-0.2, -0.15) is 4.39 Å². The van der Waals surface area contributed by atoms with Crippen molar-refractivity contribution in [3.63, 3.8) is 0 Å². The summed E-state index contributed by atoms with van der Waals surface area (Å²) in [4.78, 5) is 12.3. The lowest BCUT2D eigenvalue weighted by atomic mass is 9.78. The Balaban J connectivity index is 1.80. The average molecular weight is 350 g/mol. The van der Waals surface area contributed by atoms with Gasteiger partial charge in [0.1, 0.15) is 0 Å². The molecule has 1 N–H and O–H groups in total. The van der Waals surface area contributed by atoms with E-state index in [1.54, 1.807) is 6.92 Å². The fraction of sp³-hybridized carbons (Fsp3) is 0.667. The maximum absolute atomic E-state index is 14.0. The van der Waals surface area contributed by atoms with Gasteiger partial charge in [-0.1, -0.05) is 51.9 Å². The van der Waals surface area contributed by atoms with Crippen LogP contribution in [0.25, 0.3) is 0 Å². The van der Waals surface area contributed by atoms with Crippen LogP contribution in [0.1, 0.15) is 82.0 Å². The van der Waals surface area contributed by atoms with Crippen LogP contribution in [0, 0.1) is 17.7 Å². The molecule has 0 aliphatic heterocycles. The molecule has 25 heavy (non-hydrogen) atoms. The number of phenolic OH excluding ortho intramolecular Hbond substituents is 1. The van der Waals surface area contributed by atoms with Crippen LogP contribution in [0.2, 0.25) is 0 Å². The van der Waals surface area contributed by atoms with Crippen molar-refractivity contribution in [3.05, 3.63) is 23.5 Å². The molecular formula is C21H31FO3. The Morgan fingerprint density at radius 1 is 1.16 bits per heavy atom. The van der Waals surface area contributed by atoms with Gasteiger partial charge >= 0.3 is 0 Å². The van der Waals surface area contributed by atoms with Gasteiger partial charge in [0.05, 0.1) is 12.2 Å². The molecule has 140 valence electrons. The number of ether oxygens (including phenoxy) is 1. The number of benzene rings is 1. The molecule has 0 atom stereocenters. The summed E-state index contributed by atoms with van der Waals surface area (Å²) in [5, 5.41) is 9.93. The van der Waals surface area contributed by atoms with Gasteiger partial charge in [0.2, 0.25) is 5.82 Å². The number of ketones is 1. The molecule has 0 amide bonds. The lowest BCUT2D eigenvalue weighted by Gasteiger charge is -2.28. The van der Waals surface area contributed by atoms with Crippen molar-refractivity contribution in [1.82, 2.24) is 0 Å². The topological polar surface area (TPSA) is 46.5 Å². The molecule has 1 aromatic carbocycles. The molecule has 0 unspecified atom stereocenters. The van der Waals surface area contributed by atoms with Gasteiger partial charge in [0.25, 0.3) is 0 Å². The zero-order valence-electron chi connectivity index (χ0n) is 15.5. The summed E-state index contributed by atoms with van der Waals surface area (Å²) in [6.07, 6.45) is 9.98. The zero-order valence-corrected chi connectivity index (χ0v) is 15.5. The van der Waals surface area contributed by atoms with Crippen molar-refractivity contribution >= 4 is 5.78 Å². The van der Waals surface area contributed by atoms with Crippen LogP contribution in [-0.4, -0.2) is 17.5 Å². The summed E-state index contributed by atoms with van der Waals surface area (Å²) in [5.41, 5.74) is 0.0626. The third kappa shape index (κ3) is 5.45. The minimum absolute atomic E-state index is 0.0135. The molecule has 1 fully saturated rings. The van der Waals surface area contributed by atoms with E-state index in [0.29, 0.717) is 18.9 Å². The lowest BCUT2D eigenvalue weighted by molar-refractivity contribution is 0.0972. The van der Waals surface area contributed by atoms with Crippen LogP contribution in [0.5, 0.6) is 11.5 Å². The Labute approximate surface area is 150 Å². The lowest BCUT2D eigenvalue weighted by Crippen LogP contribution is -2.14.